The summed E-state index contributed by atoms with van der Waals surface area (Å²) in [5.41, 5.74) is 1.47. The molecular weight excluding hydrogens is 600 g/mol. The van der Waals surface area contributed by atoms with Crippen molar-refractivity contribution in [2.75, 3.05) is 25.2 Å². The monoisotopic (exact) mass is 626 g/mol. The highest BCUT2D eigenvalue weighted by Crippen LogP contribution is 2.68. The molecule has 3 fully saturated rings. The summed E-state index contributed by atoms with van der Waals surface area (Å²) in [6.07, 6.45) is 0.789. The van der Waals surface area contributed by atoms with Crippen LogP contribution in [0.4, 0.5) is 5.69 Å². The van der Waals surface area contributed by atoms with Gasteiger partial charge in [-0.1, -0.05) is 29.0 Å². The van der Waals surface area contributed by atoms with Crippen LogP contribution in [0.15, 0.2) is 52.3 Å². The molecular formula is C30H27ClN2O7S2. The number of rotatable bonds is 7. The van der Waals surface area contributed by atoms with Gasteiger partial charge in [0, 0.05) is 21.1 Å². The highest BCUT2D eigenvalue weighted by atomic mass is 35.5. The van der Waals surface area contributed by atoms with E-state index in [0.29, 0.717) is 22.2 Å². The molecule has 4 aliphatic rings. The molecule has 3 aromatic rings. The fraction of sp³-hybridized carbons (Fsp3) is 0.400. The highest BCUT2D eigenvalue weighted by molar-refractivity contribution is 8.00. The van der Waals surface area contributed by atoms with Gasteiger partial charge in [0.25, 0.3) is 0 Å². The molecule has 42 heavy (non-hydrogen) atoms. The van der Waals surface area contributed by atoms with E-state index in [-0.39, 0.29) is 64.7 Å². The van der Waals surface area contributed by atoms with Crippen molar-refractivity contribution in [3.8, 4) is 11.5 Å². The van der Waals surface area contributed by atoms with Crippen molar-refractivity contribution in [1.82, 2.24) is 4.98 Å². The van der Waals surface area contributed by atoms with Gasteiger partial charge in [0.2, 0.25) is 11.8 Å². The standard InChI is InChI=1S/C30H27ClN2O7S2/c1-3-39-20(34)12-40-18-9-4-13(10-19(18)38-2)21-22-16-11-17(25(22)41-27-26(21)42-30(37)32-27)24-23(16)28(35)33(29(24)36)15-7-5-14(31)6-8-15/h4-10,16-17,21-25H,3,11-12H2,1-2H3,(H,32,37)/t16?,17?,21-,22?,23?,24?,25?/m1/s1. The van der Waals surface area contributed by atoms with E-state index < -0.39 is 11.9 Å². The maximum atomic E-state index is 13.9. The van der Waals surface area contributed by atoms with Gasteiger partial charge in [-0.25, -0.2) is 4.79 Å². The lowest BCUT2D eigenvalue weighted by Gasteiger charge is -2.43. The summed E-state index contributed by atoms with van der Waals surface area (Å²) < 4.78 is 16.3. The molecule has 3 heterocycles. The fourth-order valence-corrected chi connectivity index (χ4v) is 10.6. The quantitative estimate of drug-likeness (QED) is 0.296. The van der Waals surface area contributed by atoms with E-state index >= 15 is 0 Å². The molecule has 1 saturated heterocycles. The van der Waals surface area contributed by atoms with Gasteiger partial charge in [-0.15, -0.1) is 11.8 Å². The molecule has 9 nitrogen and oxygen atoms in total. The molecule has 6 unspecified atom stereocenters. The first-order valence-electron chi connectivity index (χ1n) is 13.8. The van der Waals surface area contributed by atoms with Gasteiger partial charge in [0.15, 0.2) is 18.1 Å². The molecule has 2 aromatic carbocycles. The molecule has 7 atom stereocenters. The number of nitrogens with zero attached hydrogens (tertiary/aromatic N) is 1. The van der Waals surface area contributed by atoms with Gasteiger partial charge < -0.3 is 19.2 Å². The number of imide groups is 1. The van der Waals surface area contributed by atoms with Crippen LogP contribution in [0, 0.1) is 29.6 Å². The number of aromatic nitrogens is 1. The molecule has 1 N–H and O–H groups in total. The zero-order valence-electron chi connectivity index (χ0n) is 22.7. The first kappa shape index (κ1) is 27.5. The van der Waals surface area contributed by atoms with Crippen molar-refractivity contribution >= 4 is 58.2 Å². The van der Waals surface area contributed by atoms with Crippen LogP contribution in [0.5, 0.6) is 11.5 Å². The van der Waals surface area contributed by atoms with E-state index in [4.69, 9.17) is 25.8 Å². The molecule has 218 valence electrons. The van der Waals surface area contributed by atoms with E-state index in [0.717, 1.165) is 21.9 Å². The number of anilines is 1. The number of esters is 1. The van der Waals surface area contributed by atoms with Crippen molar-refractivity contribution < 1.29 is 28.6 Å². The Morgan fingerprint density at radius 2 is 1.79 bits per heavy atom. The van der Waals surface area contributed by atoms with Crippen LogP contribution >= 0.6 is 34.7 Å². The summed E-state index contributed by atoms with van der Waals surface area (Å²) in [5.74, 6) is -0.854. The molecule has 2 amide bonds. The zero-order valence-corrected chi connectivity index (χ0v) is 25.1. The van der Waals surface area contributed by atoms with Gasteiger partial charge in [-0.2, -0.15) is 0 Å². The Hall–Kier alpha value is -3.28. The van der Waals surface area contributed by atoms with Crippen LogP contribution in [0.1, 0.15) is 29.7 Å². The number of thiazole rings is 1. The van der Waals surface area contributed by atoms with Crippen LogP contribution in [-0.2, 0) is 19.1 Å². The highest BCUT2D eigenvalue weighted by Gasteiger charge is 2.69. The first-order valence-corrected chi connectivity index (χ1v) is 15.9. The molecule has 1 aromatic heterocycles. The summed E-state index contributed by atoms with van der Waals surface area (Å²) in [5, 5.41) is 1.43. The molecule has 2 aliphatic heterocycles. The molecule has 2 saturated carbocycles. The number of halogens is 1. The lowest BCUT2D eigenvalue weighted by Crippen LogP contribution is -2.42. The lowest BCUT2D eigenvalue weighted by molar-refractivity contribution is -0.145. The van der Waals surface area contributed by atoms with Crippen molar-refractivity contribution in [2.45, 2.75) is 29.5 Å². The van der Waals surface area contributed by atoms with E-state index in [2.05, 4.69) is 4.98 Å². The second-order valence-electron chi connectivity index (χ2n) is 11.0. The molecule has 0 radical (unpaired) electrons. The third kappa shape index (κ3) is 4.19. The minimum atomic E-state index is -0.475. The van der Waals surface area contributed by atoms with Crippen LogP contribution in [0.2, 0.25) is 5.02 Å². The number of hydrogen-bond donors (Lipinski definition) is 1. The average Bonchev–Trinajstić information content (AvgIpc) is 3.71. The summed E-state index contributed by atoms with van der Waals surface area (Å²) in [6.45, 7) is 1.75. The Labute approximate surface area is 254 Å². The Morgan fingerprint density at radius 1 is 1.05 bits per heavy atom. The predicted octanol–water partition coefficient (Wildman–Crippen LogP) is 4.72. The topological polar surface area (TPSA) is 115 Å². The van der Waals surface area contributed by atoms with E-state index in [9.17, 15) is 19.2 Å². The third-order valence-electron chi connectivity index (χ3n) is 9.01. The fourth-order valence-electron chi connectivity index (χ4n) is 7.57. The zero-order chi connectivity index (χ0) is 29.3. The minimum Gasteiger partial charge on any atom is -0.493 e. The van der Waals surface area contributed by atoms with Crippen LogP contribution in [0.25, 0.3) is 0 Å². The maximum absolute atomic E-state index is 13.9. The number of fused-ring (bicyclic) bond motifs is 9. The van der Waals surface area contributed by atoms with Gasteiger partial charge in [-0.05, 0) is 73.1 Å². The number of benzene rings is 2. The predicted molar refractivity (Wildman–Crippen MR) is 158 cm³/mol. The number of thioether (sulfide) groups is 1. The normalized spacial score (nSPS) is 28.8. The van der Waals surface area contributed by atoms with E-state index in [1.165, 1.54) is 23.3 Å². The number of aromatic amines is 1. The van der Waals surface area contributed by atoms with Gasteiger partial charge in [0.1, 0.15) is 0 Å². The number of nitrogens with one attached hydrogen (secondary N) is 1. The molecule has 0 spiro atoms. The number of methoxy groups -OCH3 is 1. The molecule has 7 rings (SSSR count). The van der Waals surface area contributed by atoms with Crippen molar-refractivity contribution in [2.24, 2.45) is 29.6 Å². The van der Waals surface area contributed by atoms with E-state index in [1.807, 2.05) is 12.1 Å². The second-order valence-corrected chi connectivity index (χ2v) is 13.6. The Balaban J connectivity index is 1.25. The van der Waals surface area contributed by atoms with Crippen LogP contribution in [-0.4, -0.2) is 48.3 Å². The number of amides is 2. The van der Waals surface area contributed by atoms with Gasteiger partial charge in [0.05, 0.1) is 36.3 Å². The summed E-state index contributed by atoms with van der Waals surface area (Å²) >= 11 is 8.90. The van der Waals surface area contributed by atoms with Crippen molar-refractivity contribution in [3.05, 3.63) is 67.6 Å². The smallest absolute Gasteiger partial charge is 0.344 e. The second kappa shape index (κ2) is 10.5. The Morgan fingerprint density at radius 3 is 2.50 bits per heavy atom. The number of carbonyl (C=O) groups excluding carboxylic acids is 3. The van der Waals surface area contributed by atoms with Crippen LogP contribution < -0.4 is 19.2 Å². The summed E-state index contributed by atoms with van der Waals surface area (Å²) in [7, 11) is 1.53. The molecule has 2 aliphatic carbocycles. The van der Waals surface area contributed by atoms with Crippen molar-refractivity contribution in [3.63, 3.8) is 0 Å². The number of H-pyrrole nitrogens is 1. The number of ether oxygens (including phenoxy) is 3. The minimum absolute atomic E-state index is 0.0110. The lowest BCUT2D eigenvalue weighted by atomic mass is 9.68. The van der Waals surface area contributed by atoms with E-state index in [1.54, 1.807) is 49.0 Å². The maximum Gasteiger partial charge on any atom is 0.344 e. The Bertz CT molecular complexity index is 1650. The third-order valence-corrected chi connectivity index (χ3v) is 11.8. The number of carbonyl (C=O) groups is 3. The summed E-state index contributed by atoms with van der Waals surface area (Å²) in [6, 6.07) is 12.4. The largest absolute Gasteiger partial charge is 0.493 e. The molecule has 2 bridgehead atoms. The van der Waals surface area contributed by atoms with Gasteiger partial charge >= 0.3 is 10.8 Å². The SMILES string of the molecule is CCOC(=O)COc1ccc([C@H]2c3sc(=O)[nH]c3SC3C4CC(C5C(=O)N(c6ccc(Cl)cc6)C(=O)C45)C32)cc1OC. The molecule has 12 heteroatoms. The Kier molecular flexibility index (Phi) is 6.86. The van der Waals surface area contributed by atoms with Gasteiger partial charge in [-0.3, -0.25) is 19.3 Å². The first-order chi connectivity index (χ1) is 20.3. The van der Waals surface area contributed by atoms with Crippen LogP contribution in [0.3, 0.4) is 0 Å². The summed E-state index contributed by atoms with van der Waals surface area (Å²) in [4.78, 5) is 57.3. The van der Waals surface area contributed by atoms with Crippen molar-refractivity contribution in [1.29, 1.82) is 0 Å². The average molecular weight is 627 g/mol. The number of hydrogen-bond acceptors (Lipinski definition) is 9.